The molecule has 2 atom stereocenters. The van der Waals surface area contributed by atoms with Crippen LogP contribution in [0.15, 0.2) is 30.5 Å². The number of hydrogen-bond donors (Lipinski definition) is 0. The minimum absolute atomic E-state index is 0.0576. The largest absolute Gasteiger partial charge is 0.336 e. The summed E-state index contributed by atoms with van der Waals surface area (Å²) in [7, 11) is 2.15. The highest BCUT2D eigenvalue weighted by Crippen LogP contribution is 2.51. The van der Waals surface area contributed by atoms with Crippen molar-refractivity contribution in [2.45, 2.75) is 13.8 Å². The molecule has 6 nitrogen and oxygen atoms in total. The molecule has 4 rings (SSSR count). The number of carbonyl (C=O) groups excluding carboxylic acids is 1. The van der Waals surface area contributed by atoms with Gasteiger partial charge in [0.25, 0.3) is 5.91 Å². The molecular formula is C18H22ClN5O. The Bertz CT molecular complexity index is 816. The van der Waals surface area contributed by atoms with Gasteiger partial charge in [-0.2, -0.15) is 0 Å². The lowest BCUT2D eigenvalue weighted by molar-refractivity contribution is 0.0755. The summed E-state index contributed by atoms with van der Waals surface area (Å²) in [5, 5.41) is 8.74. The number of benzene rings is 1. The van der Waals surface area contributed by atoms with Gasteiger partial charge < -0.3 is 9.80 Å². The molecule has 7 heteroatoms. The maximum absolute atomic E-state index is 12.9. The summed E-state index contributed by atoms with van der Waals surface area (Å²) in [6.07, 6.45) is 1.66. The standard InChI is InChI=1S/C18H22ClN5O/c1-17-9-22(3)10-18(17,2)12-23(11-17)16(25)14-8-24(21-20-14)15-7-5-4-6-13(15)19/h4-8H,9-12H2,1-3H3. The second-order valence-corrected chi connectivity index (χ2v) is 8.36. The maximum atomic E-state index is 12.9. The van der Waals surface area contributed by atoms with Gasteiger partial charge in [0.2, 0.25) is 0 Å². The van der Waals surface area contributed by atoms with Crippen molar-refractivity contribution < 1.29 is 4.79 Å². The Morgan fingerprint density at radius 1 is 1.12 bits per heavy atom. The SMILES string of the molecule is CN1CC2(C)CN(C(=O)c3cn(-c4ccccc4Cl)nn3)CC2(C)C1. The van der Waals surface area contributed by atoms with E-state index in [0.29, 0.717) is 10.7 Å². The van der Waals surface area contributed by atoms with Crippen LogP contribution in [0.5, 0.6) is 0 Å². The molecule has 2 aromatic rings. The van der Waals surface area contributed by atoms with Crippen molar-refractivity contribution >= 4 is 17.5 Å². The summed E-state index contributed by atoms with van der Waals surface area (Å²) in [5.41, 5.74) is 1.32. The molecule has 2 saturated heterocycles. The Morgan fingerprint density at radius 2 is 1.76 bits per heavy atom. The summed E-state index contributed by atoms with van der Waals surface area (Å²) < 4.78 is 1.56. The minimum Gasteiger partial charge on any atom is -0.336 e. The summed E-state index contributed by atoms with van der Waals surface area (Å²) in [6, 6.07) is 7.38. The van der Waals surface area contributed by atoms with Crippen LogP contribution in [0.25, 0.3) is 5.69 Å². The number of likely N-dealkylation sites (tertiary alicyclic amines) is 2. The normalized spacial score (nSPS) is 29.2. The van der Waals surface area contributed by atoms with Crippen LogP contribution in [0.4, 0.5) is 0 Å². The molecule has 1 aromatic heterocycles. The summed E-state index contributed by atoms with van der Waals surface area (Å²) in [4.78, 5) is 17.2. The third kappa shape index (κ3) is 2.55. The van der Waals surface area contributed by atoms with Gasteiger partial charge >= 0.3 is 0 Å². The first kappa shape index (κ1) is 16.5. The van der Waals surface area contributed by atoms with Crippen molar-refractivity contribution in [3.8, 4) is 5.69 Å². The number of rotatable bonds is 2. The van der Waals surface area contributed by atoms with Crippen molar-refractivity contribution in [1.29, 1.82) is 0 Å². The molecule has 0 saturated carbocycles. The first-order valence-corrected chi connectivity index (χ1v) is 8.84. The molecule has 2 unspecified atom stereocenters. The Morgan fingerprint density at radius 3 is 2.40 bits per heavy atom. The van der Waals surface area contributed by atoms with E-state index in [2.05, 4.69) is 36.1 Å². The first-order chi connectivity index (χ1) is 11.8. The van der Waals surface area contributed by atoms with E-state index in [1.807, 2.05) is 23.1 Å². The van der Waals surface area contributed by atoms with Gasteiger partial charge in [0.1, 0.15) is 0 Å². The van der Waals surface area contributed by atoms with E-state index in [0.717, 1.165) is 31.9 Å². The van der Waals surface area contributed by atoms with E-state index >= 15 is 0 Å². The number of nitrogens with zero attached hydrogens (tertiary/aromatic N) is 5. The van der Waals surface area contributed by atoms with Crippen molar-refractivity contribution in [1.82, 2.24) is 24.8 Å². The number of carbonyl (C=O) groups is 1. The second kappa shape index (κ2) is 5.54. The van der Waals surface area contributed by atoms with Gasteiger partial charge in [0.15, 0.2) is 5.69 Å². The Hall–Kier alpha value is -1.92. The van der Waals surface area contributed by atoms with Gasteiger partial charge in [-0.1, -0.05) is 42.8 Å². The van der Waals surface area contributed by atoms with Gasteiger partial charge in [-0.15, -0.1) is 5.10 Å². The zero-order chi connectivity index (χ0) is 17.8. The van der Waals surface area contributed by atoms with Crippen LogP contribution in [0, 0.1) is 10.8 Å². The molecule has 0 N–H and O–H groups in total. The number of para-hydroxylation sites is 1. The zero-order valence-corrected chi connectivity index (χ0v) is 15.5. The van der Waals surface area contributed by atoms with E-state index in [1.165, 1.54) is 0 Å². The third-order valence-electron chi connectivity index (χ3n) is 5.87. The highest BCUT2D eigenvalue weighted by atomic mass is 35.5. The average molecular weight is 360 g/mol. The van der Waals surface area contributed by atoms with Gasteiger partial charge in [0.05, 0.1) is 16.9 Å². The van der Waals surface area contributed by atoms with Crippen LogP contribution in [0.3, 0.4) is 0 Å². The molecule has 132 valence electrons. The molecule has 0 bridgehead atoms. The molecule has 3 heterocycles. The highest BCUT2D eigenvalue weighted by Gasteiger charge is 2.57. The van der Waals surface area contributed by atoms with Crippen molar-refractivity contribution in [2.24, 2.45) is 10.8 Å². The monoisotopic (exact) mass is 359 g/mol. The molecular weight excluding hydrogens is 338 g/mol. The van der Waals surface area contributed by atoms with E-state index in [4.69, 9.17) is 11.6 Å². The molecule has 1 amide bonds. The third-order valence-corrected chi connectivity index (χ3v) is 6.19. The number of amides is 1. The molecule has 1 aromatic carbocycles. The van der Waals surface area contributed by atoms with Crippen LogP contribution in [0.1, 0.15) is 24.3 Å². The topological polar surface area (TPSA) is 54.3 Å². The maximum Gasteiger partial charge on any atom is 0.276 e. The van der Waals surface area contributed by atoms with Crippen LogP contribution in [0.2, 0.25) is 5.02 Å². The predicted octanol–water partition coefficient (Wildman–Crippen LogP) is 2.33. The molecule has 0 aliphatic carbocycles. The van der Waals surface area contributed by atoms with Crippen LogP contribution >= 0.6 is 11.6 Å². The Labute approximate surface area is 152 Å². The lowest BCUT2D eigenvalue weighted by Gasteiger charge is -2.30. The smallest absolute Gasteiger partial charge is 0.276 e. The predicted molar refractivity (Wildman–Crippen MR) is 96.0 cm³/mol. The van der Waals surface area contributed by atoms with Crippen molar-refractivity contribution in [3.05, 3.63) is 41.2 Å². The molecule has 0 radical (unpaired) electrons. The fraction of sp³-hybridized carbons (Fsp3) is 0.500. The highest BCUT2D eigenvalue weighted by molar-refractivity contribution is 6.32. The molecule has 2 fully saturated rings. The fourth-order valence-corrected chi connectivity index (χ4v) is 4.65. The van der Waals surface area contributed by atoms with Crippen molar-refractivity contribution in [2.75, 3.05) is 33.2 Å². The molecule has 2 aliphatic rings. The number of fused-ring (bicyclic) bond motifs is 1. The quantitative estimate of drug-likeness (QED) is 0.825. The number of halogens is 1. The van der Waals surface area contributed by atoms with Gasteiger partial charge in [-0.3, -0.25) is 4.79 Å². The molecule has 0 spiro atoms. The van der Waals surface area contributed by atoms with Crippen LogP contribution in [-0.2, 0) is 0 Å². The van der Waals surface area contributed by atoms with E-state index < -0.39 is 0 Å². The second-order valence-electron chi connectivity index (χ2n) is 7.95. The summed E-state index contributed by atoms with van der Waals surface area (Å²) in [5.74, 6) is -0.0576. The summed E-state index contributed by atoms with van der Waals surface area (Å²) in [6.45, 7) is 8.10. The number of aromatic nitrogens is 3. The van der Waals surface area contributed by atoms with E-state index in [1.54, 1.807) is 16.9 Å². The fourth-order valence-electron chi connectivity index (χ4n) is 4.43. The lowest BCUT2D eigenvalue weighted by Crippen LogP contribution is -2.34. The Kier molecular flexibility index (Phi) is 3.67. The van der Waals surface area contributed by atoms with Gasteiger partial charge in [0, 0.05) is 37.0 Å². The van der Waals surface area contributed by atoms with Crippen molar-refractivity contribution in [3.63, 3.8) is 0 Å². The molecule has 25 heavy (non-hydrogen) atoms. The van der Waals surface area contributed by atoms with E-state index in [-0.39, 0.29) is 16.7 Å². The van der Waals surface area contributed by atoms with E-state index in [9.17, 15) is 4.79 Å². The number of hydrogen-bond acceptors (Lipinski definition) is 4. The average Bonchev–Trinajstić information content (AvgIpc) is 3.16. The first-order valence-electron chi connectivity index (χ1n) is 8.46. The molecule has 2 aliphatic heterocycles. The van der Waals surface area contributed by atoms with Crippen LogP contribution < -0.4 is 0 Å². The minimum atomic E-state index is -0.0576. The Balaban J connectivity index is 1.57. The summed E-state index contributed by atoms with van der Waals surface area (Å²) >= 11 is 6.20. The zero-order valence-electron chi connectivity index (χ0n) is 14.7. The van der Waals surface area contributed by atoms with Gasteiger partial charge in [-0.05, 0) is 19.2 Å². The van der Waals surface area contributed by atoms with Gasteiger partial charge in [-0.25, -0.2) is 4.68 Å². The van der Waals surface area contributed by atoms with Crippen LogP contribution in [-0.4, -0.2) is 63.9 Å². The lowest BCUT2D eigenvalue weighted by atomic mass is 9.71.